The zero-order chi connectivity index (χ0) is 12.9. The van der Waals surface area contributed by atoms with Gasteiger partial charge in [-0.25, -0.2) is 0 Å². The Hall–Kier alpha value is -0.860. The second-order valence-electron chi connectivity index (χ2n) is 5.36. The third-order valence-corrected chi connectivity index (χ3v) is 2.89. The highest BCUT2D eigenvalue weighted by atomic mass is 16.5. The minimum Gasteiger partial charge on any atom is -0.380 e. The lowest BCUT2D eigenvalue weighted by Crippen LogP contribution is -2.43. The molecule has 1 unspecified atom stereocenters. The maximum Gasteiger partial charge on any atom is 0.0646 e. The molecule has 0 spiro atoms. The van der Waals surface area contributed by atoms with Crippen molar-refractivity contribution in [2.24, 2.45) is 5.73 Å². The van der Waals surface area contributed by atoms with Gasteiger partial charge in [0, 0.05) is 12.1 Å². The molecule has 0 radical (unpaired) electrons. The molecule has 0 saturated heterocycles. The largest absolute Gasteiger partial charge is 0.380 e. The Bertz CT molecular complexity index is 327. The molecule has 0 bridgehead atoms. The van der Waals surface area contributed by atoms with Gasteiger partial charge in [0.05, 0.1) is 6.61 Å². The van der Waals surface area contributed by atoms with Crippen molar-refractivity contribution in [3.63, 3.8) is 0 Å². The summed E-state index contributed by atoms with van der Waals surface area (Å²) >= 11 is 0. The first-order valence-corrected chi connectivity index (χ1v) is 6.40. The summed E-state index contributed by atoms with van der Waals surface area (Å²) in [6.07, 6.45) is 0.853. The summed E-state index contributed by atoms with van der Waals surface area (Å²) in [7, 11) is 0. The van der Waals surface area contributed by atoms with Crippen LogP contribution in [0.5, 0.6) is 0 Å². The fraction of sp³-hybridized carbons (Fsp3) is 0.600. The van der Waals surface area contributed by atoms with Crippen LogP contribution in [0.1, 0.15) is 44.7 Å². The Morgan fingerprint density at radius 1 is 1.24 bits per heavy atom. The topological polar surface area (TPSA) is 35.2 Å². The maximum absolute atomic E-state index is 6.21. The number of ether oxygens (including phenoxy) is 1. The average Bonchev–Trinajstić information content (AvgIpc) is 2.26. The highest BCUT2D eigenvalue weighted by molar-refractivity contribution is 5.25. The van der Waals surface area contributed by atoms with Crippen LogP contribution in [0.2, 0.25) is 0 Å². The lowest BCUT2D eigenvalue weighted by Gasteiger charge is -2.24. The minimum atomic E-state index is -0.282. The maximum atomic E-state index is 6.21. The van der Waals surface area contributed by atoms with Gasteiger partial charge in [0.25, 0.3) is 0 Å². The number of hydrogen-bond acceptors (Lipinski definition) is 2. The zero-order valence-electron chi connectivity index (χ0n) is 11.5. The van der Waals surface area contributed by atoms with Crippen molar-refractivity contribution in [2.75, 3.05) is 13.2 Å². The first-order chi connectivity index (χ1) is 7.94. The van der Waals surface area contributed by atoms with Gasteiger partial charge in [0.2, 0.25) is 0 Å². The van der Waals surface area contributed by atoms with E-state index in [0.29, 0.717) is 12.5 Å². The van der Waals surface area contributed by atoms with Gasteiger partial charge in [-0.3, -0.25) is 0 Å². The molecular weight excluding hydrogens is 210 g/mol. The smallest absolute Gasteiger partial charge is 0.0646 e. The normalized spacial score (nSPS) is 14.9. The second-order valence-corrected chi connectivity index (χ2v) is 5.36. The van der Waals surface area contributed by atoms with Crippen molar-refractivity contribution >= 4 is 0 Å². The lowest BCUT2D eigenvalue weighted by molar-refractivity contribution is 0.101. The molecule has 0 aromatic heterocycles. The Labute approximate surface area is 105 Å². The van der Waals surface area contributed by atoms with E-state index >= 15 is 0 Å². The van der Waals surface area contributed by atoms with Crippen LogP contribution in [-0.4, -0.2) is 18.8 Å². The van der Waals surface area contributed by atoms with Crippen LogP contribution >= 0.6 is 0 Å². The SMILES string of the molecule is CCOCC(C)(N)Cc1ccc(C(C)C)cc1. The predicted octanol–water partition coefficient (Wildman–Crippen LogP) is 3.11. The van der Waals surface area contributed by atoms with Crippen molar-refractivity contribution < 1.29 is 4.74 Å². The fourth-order valence-electron chi connectivity index (χ4n) is 1.87. The first-order valence-electron chi connectivity index (χ1n) is 6.40. The van der Waals surface area contributed by atoms with Gasteiger partial charge in [-0.15, -0.1) is 0 Å². The number of hydrogen-bond donors (Lipinski definition) is 1. The Morgan fingerprint density at radius 2 is 1.82 bits per heavy atom. The Balaban J connectivity index is 2.62. The van der Waals surface area contributed by atoms with E-state index in [-0.39, 0.29) is 5.54 Å². The second kappa shape index (κ2) is 6.18. The monoisotopic (exact) mass is 235 g/mol. The molecule has 96 valence electrons. The molecule has 17 heavy (non-hydrogen) atoms. The lowest BCUT2D eigenvalue weighted by atomic mass is 9.93. The van der Waals surface area contributed by atoms with E-state index in [1.54, 1.807) is 0 Å². The molecule has 0 aliphatic rings. The van der Waals surface area contributed by atoms with Gasteiger partial charge in [-0.05, 0) is 37.3 Å². The quantitative estimate of drug-likeness (QED) is 0.822. The van der Waals surface area contributed by atoms with Crippen molar-refractivity contribution in [3.8, 4) is 0 Å². The third-order valence-electron chi connectivity index (χ3n) is 2.89. The van der Waals surface area contributed by atoms with Crippen molar-refractivity contribution in [1.82, 2.24) is 0 Å². The van der Waals surface area contributed by atoms with E-state index in [1.807, 2.05) is 13.8 Å². The van der Waals surface area contributed by atoms with Crippen LogP contribution in [0.4, 0.5) is 0 Å². The number of nitrogens with two attached hydrogens (primary N) is 1. The van der Waals surface area contributed by atoms with E-state index in [0.717, 1.165) is 13.0 Å². The van der Waals surface area contributed by atoms with Gasteiger partial charge < -0.3 is 10.5 Å². The molecule has 2 heteroatoms. The molecule has 0 heterocycles. The molecule has 0 saturated carbocycles. The summed E-state index contributed by atoms with van der Waals surface area (Å²) in [4.78, 5) is 0. The van der Waals surface area contributed by atoms with E-state index in [1.165, 1.54) is 11.1 Å². The summed E-state index contributed by atoms with van der Waals surface area (Å²) in [5, 5.41) is 0. The van der Waals surface area contributed by atoms with Gasteiger partial charge >= 0.3 is 0 Å². The highest BCUT2D eigenvalue weighted by Gasteiger charge is 2.19. The average molecular weight is 235 g/mol. The van der Waals surface area contributed by atoms with Crippen LogP contribution < -0.4 is 5.73 Å². The van der Waals surface area contributed by atoms with Crippen LogP contribution in [0, 0.1) is 0 Å². The van der Waals surface area contributed by atoms with Crippen LogP contribution in [-0.2, 0) is 11.2 Å². The molecular formula is C15H25NO. The summed E-state index contributed by atoms with van der Waals surface area (Å²) in [6, 6.07) is 8.73. The van der Waals surface area contributed by atoms with Crippen LogP contribution in [0.3, 0.4) is 0 Å². The van der Waals surface area contributed by atoms with Gasteiger partial charge in [-0.1, -0.05) is 38.1 Å². The predicted molar refractivity (Wildman–Crippen MR) is 73.3 cm³/mol. The van der Waals surface area contributed by atoms with Crippen molar-refractivity contribution in [3.05, 3.63) is 35.4 Å². The summed E-state index contributed by atoms with van der Waals surface area (Å²) in [5.74, 6) is 0.580. The molecule has 1 aromatic carbocycles. The third kappa shape index (κ3) is 4.88. The summed E-state index contributed by atoms with van der Waals surface area (Å²) in [5.41, 5.74) is 8.57. The Kier molecular flexibility index (Phi) is 5.16. The highest BCUT2D eigenvalue weighted by Crippen LogP contribution is 2.17. The van der Waals surface area contributed by atoms with Crippen LogP contribution in [0.25, 0.3) is 0 Å². The molecule has 1 aromatic rings. The molecule has 0 fully saturated rings. The molecule has 0 aliphatic heterocycles. The summed E-state index contributed by atoms with van der Waals surface area (Å²) < 4.78 is 5.41. The molecule has 2 N–H and O–H groups in total. The zero-order valence-corrected chi connectivity index (χ0v) is 11.5. The van der Waals surface area contributed by atoms with Crippen LogP contribution in [0.15, 0.2) is 24.3 Å². The number of benzene rings is 1. The van der Waals surface area contributed by atoms with Gasteiger partial charge in [-0.2, -0.15) is 0 Å². The molecule has 1 rings (SSSR count). The van der Waals surface area contributed by atoms with Gasteiger partial charge in [0.1, 0.15) is 0 Å². The van der Waals surface area contributed by atoms with Gasteiger partial charge in [0.15, 0.2) is 0 Å². The van der Waals surface area contributed by atoms with E-state index in [9.17, 15) is 0 Å². The van der Waals surface area contributed by atoms with Crippen molar-refractivity contribution in [1.29, 1.82) is 0 Å². The first kappa shape index (κ1) is 14.2. The summed E-state index contributed by atoms with van der Waals surface area (Å²) in [6.45, 7) is 9.77. The number of rotatable bonds is 6. The molecule has 1 atom stereocenters. The van der Waals surface area contributed by atoms with E-state index in [2.05, 4.69) is 38.1 Å². The molecule has 0 aliphatic carbocycles. The fourth-order valence-corrected chi connectivity index (χ4v) is 1.87. The van der Waals surface area contributed by atoms with Crippen molar-refractivity contribution in [2.45, 2.75) is 45.6 Å². The van der Waals surface area contributed by atoms with E-state index < -0.39 is 0 Å². The Morgan fingerprint density at radius 3 is 2.29 bits per heavy atom. The van der Waals surface area contributed by atoms with E-state index in [4.69, 9.17) is 10.5 Å². The minimum absolute atomic E-state index is 0.282. The molecule has 0 amide bonds. The molecule has 2 nitrogen and oxygen atoms in total. The standard InChI is InChI=1S/C15H25NO/c1-5-17-11-15(4,16)10-13-6-8-14(9-7-13)12(2)3/h6-9,12H,5,10-11,16H2,1-4H3.